The van der Waals surface area contributed by atoms with Crippen LogP contribution in [0.1, 0.15) is 25.7 Å². The molecule has 0 spiro atoms. The van der Waals surface area contributed by atoms with Gasteiger partial charge in [0.25, 0.3) is 0 Å². The molecule has 1 aliphatic rings. The third kappa shape index (κ3) is 1.67. The molecule has 0 aromatic rings. The van der Waals surface area contributed by atoms with Crippen molar-refractivity contribution >= 4 is 0 Å². The summed E-state index contributed by atoms with van der Waals surface area (Å²) in [5.41, 5.74) is 0. The Morgan fingerprint density at radius 1 is 1.29 bits per heavy atom. The van der Waals surface area contributed by atoms with E-state index in [4.69, 9.17) is 0 Å². The van der Waals surface area contributed by atoms with E-state index in [1.807, 2.05) is 0 Å². The fourth-order valence-electron chi connectivity index (χ4n) is 0.813. The highest BCUT2D eigenvalue weighted by Gasteiger charge is 1.81. The van der Waals surface area contributed by atoms with Crippen LogP contribution in [-0.2, 0) is 0 Å². The standard InChI is InChI=1S/C7H11/c1-2-4-6-7-5-3-1/h1-3H,4-7H2/q-1. The predicted molar refractivity (Wildman–Crippen MR) is 31.9 cm³/mol. The lowest BCUT2D eigenvalue weighted by Gasteiger charge is -1.92. The van der Waals surface area contributed by atoms with Gasteiger partial charge in [-0.3, -0.25) is 0 Å². The van der Waals surface area contributed by atoms with Crippen molar-refractivity contribution in [2.24, 2.45) is 0 Å². The molecule has 7 heavy (non-hydrogen) atoms. The smallest absolute Gasteiger partial charge is 0.0663 e. The molecule has 0 fully saturated rings. The highest BCUT2D eigenvalue weighted by Crippen LogP contribution is 2.07. The van der Waals surface area contributed by atoms with Gasteiger partial charge in [-0.2, -0.15) is 0 Å². The maximum Gasteiger partial charge on any atom is -0.0663 e. The van der Waals surface area contributed by atoms with Gasteiger partial charge >= 0.3 is 0 Å². The average molecular weight is 95.2 g/mol. The van der Waals surface area contributed by atoms with Gasteiger partial charge in [0.2, 0.25) is 0 Å². The Morgan fingerprint density at radius 2 is 2.29 bits per heavy atom. The van der Waals surface area contributed by atoms with Crippen LogP contribution in [-0.4, -0.2) is 0 Å². The number of rotatable bonds is 0. The second kappa shape index (κ2) is 2.73. The van der Waals surface area contributed by atoms with Crippen molar-refractivity contribution in [3.63, 3.8) is 0 Å². The number of hydrogen-bond acceptors (Lipinski definition) is 0. The molecule has 0 unspecified atom stereocenters. The van der Waals surface area contributed by atoms with Crippen LogP contribution in [0.3, 0.4) is 0 Å². The maximum atomic E-state index is 2.24. The summed E-state index contributed by atoms with van der Waals surface area (Å²) in [5.74, 6) is 0. The summed E-state index contributed by atoms with van der Waals surface area (Å²) in [5, 5.41) is 0. The van der Waals surface area contributed by atoms with Crippen LogP contribution in [0.15, 0.2) is 12.2 Å². The van der Waals surface area contributed by atoms with E-state index < -0.39 is 0 Å². The summed E-state index contributed by atoms with van der Waals surface area (Å²) in [4.78, 5) is 0. The van der Waals surface area contributed by atoms with E-state index in [1.54, 1.807) is 0 Å². The molecule has 0 heteroatoms. The van der Waals surface area contributed by atoms with E-state index in [1.165, 1.54) is 25.7 Å². The predicted octanol–water partition coefficient (Wildman–Crippen LogP) is 2.32. The van der Waals surface area contributed by atoms with Gasteiger partial charge in [0.05, 0.1) is 0 Å². The van der Waals surface area contributed by atoms with Crippen LogP contribution < -0.4 is 0 Å². The fraction of sp³-hybridized carbons (Fsp3) is 0.571. The quantitative estimate of drug-likeness (QED) is 0.405. The van der Waals surface area contributed by atoms with Crippen LogP contribution in [0, 0.1) is 6.42 Å². The Bertz CT molecular complexity index is 54.4. The van der Waals surface area contributed by atoms with Gasteiger partial charge in [0.1, 0.15) is 0 Å². The highest BCUT2D eigenvalue weighted by molar-refractivity contribution is 4.96. The lowest BCUT2D eigenvalue weighted by atomic mass is 10.2. The van der Waals surface area contributed by atoms with Gasteiger partial charge in [0.15, 0.2) is 0 Å². The van der Waals surface area contributed by atoms with Gasteiger partial charge in [-0.15, -0.1) is 12.8 Å². The first kappa shape index (κ1) is 4.76. The zero-order chi connectivity index (χ0) is 4.95. The number of allylic oxidation sites excluding steroid dienone is 2. The van der Waals surface area contributed by atoms with E-state index in [9.17, 15) is 0 Å². The van der Waals surface area contributed by atoms with Crippen LogP contribution in [0.25, 0.3) is 0 Å². The summed E-state index contributed by atoms with van der Waals surface area (Å²) < 4.78 is 0. The van der Waals surface area contributed by atoms with Crippen molar-refractivity contribution < 1.29 is 0 Å². The minimum atomic E-state index is 1.29. The van der Waals surface area contributed by atoms with Crippen molar-refractivity contribution in [2.45, 2.75) is 25.7 Å². The Hall–Kier alpha value is -0.390. The summed E-state index contributed by atoms with van der Waals surface area (Å²) >= 11 is 0. The normalized spacial score (nSPS) is 20.6. The lowest BCUT2D eigenvalue weighted by molar-refractivity contribution is 0.763. The SMILES string of the molecule is C1=CCCCC[CH-]1. The van der Waals surface area contributed by atoms with Crippen LogP contribution in [0.5, 0.6) is 0 Å². The molecule has 0 aromatic heterocycles. The molecule has 1 rings (SSSR count). The summed E-state index contributed by atoms with van der Waals surface area (Å²) in [6, 6.07) is 0. The minimum Gasteiger partial charge on any atom is -0.232 e. The van der Waals surface area contributed by atoms with Gasteiger partial charge in [-0.1, -0.05) is 12.8 Å². The van der Waals surface area contributed by atoms with Crippen molar-refractivity contribution in [3.05, 3.63) is 18.6 Å². The lowest BCUT2D eigenvalue weighted by Crippen LogP contribution is -1.67. The third-order valence-corrected chi connectivity index (χ3v) is 1.26. The molecule has 40 valence electrons. The van der Waals surface area contributed by atoms with Gasteiger partial charge in [0, 0.05) is 0 Å². The first-order valence-corrected chi connectivity index (χ1v) is 2.98. The van der Waals surface area contributed by atoms with Crippen LogP contribution in [0.2, 0.25) is 0 Å². The molecule has 0 radical (unpaired) electrons. The highest BCUT2D eigenvalue weighted by atomic mass is 13.9. The Kier molecular flexibility index (Phi) is 1.86. The zero-order valence-electron chi connectivity index (χ0n) is 4.56. The molecule has 0 saturated heterocycles. The summed E-state index contributed by atoms with van der Waals surface area (Å²) in [6.45, 7) is 0. The second-order valence-electron chi connectivity index (χ2n) is 1.95. The topological polar surface area (TPSA) is 0 Å². The minimum absolute atomic E-state index is 1.29. The molecule has 0 nitrogen and oxygen atoms in total. The largest absolute Gasteiger partial charge is 0.232 e. The van der Waals surface area contributed by atoms with Crippen molar-refractivity contribution in [1.82, 2.24) is 0 Å². The molecule has 0 heterocycles. The van der Waals surface area contributed by atoms with E-state index in [-0.39, 0.29) is 0 Å². The van der Waals surface area contributed by atoms with Gasteiger partial charge in [-0.25, -0.2) is 18.6 Å². The van der Waals surface area contributed by atoms with Crippen LogP contribution >= 0.6 is 0 Å². The molecule has 0 bridgehead atoms. The molecule has 0 aliphatic heterocycles. The summed E-state index contributed by atoms with van der Waals surface area (Å²) in [6.07, 6.45) is 12.0. The molecule has 0 amide bonds. The first-order valence-electron chi connectivity index (χ1n) is 2.98. The zero-order valence-corrected chi connectivity index (χ0v) is 4.56. The second-order valence-corrected chi connectivity index (χ2v) is 1.95. The van der Waals surface area contributed by atoms with Crippen molar-refractivity contribution in [3.8, 4) is 0 Å². The maximum absolute atomic E-state index is 2.24. The monoisotopic (exact) mass is 95.1 g/mol. The first-order chi connectivity index (χ1) is 3.50. The molecule has 0 N–H and O–H groups in total. The molecule has 0 atom stereocenters. The van der Waals surface area contributed by atoms with Gasteiger partial charge in [-0.05, 0) is 0 Å². The van der Waals surface area contributed by atoms with E-state index in [0.717, 1.165) is 0 Å². The molecule has 1 aliphatic carbocycles. The molecular weight excluding hydrogens is 84.1 g/mol. The van der Waals surface area contributed by atoms with Crippen LogP contribution in [0.4, 0.5) is 0 Å². The third-order valence-electron chi connectivity index (χ3n) is 1.26. The molecule has 0 saturated carbocycles. The van der Waals surface area contributed by atoms with E-state index in [0.29, 0.717) is 0 Å². The fourth-order valence-corrected chi connectivity index (χ4v) is 0.813. The number of hydrogen-bond donors (Lipinski definition) is 0. The van der Waals surface area contributed by atoms with Gasteiger partial charge < -0.3 is 0 Å². The Labute approximate surface area is 45.2 Å². The summed E-state index contributed by atoms with van der Waals surface area (Å²) in [7, 11) is 0. The van der Waals surface area contributed by atoms with Crippen molar-refractivity contribution in [2.75, 3.05) is 0 Å². The van der Waals surface area contributed by atoms with E-state index >= 15 is 0 Å². The van der Waals surface area contributed by atoms with Crippen molar-refractivity contribution in [1.29, 1.82) is 0 Å². The average Bonchev–Trinajstić information content (AvgIpc) is 1.90. The molecule has 0 aromatic carbocycles. The van der Waals surface area contributed by atoms with E-state index in [2.05, 4.69) is 18.6 Å². The Balaban J connectivity index is 2.20. The Morgan fingerprint density at radius 3 is 3.29 bits per heavy atom. The molecular formula is C7H11-.